The van der Waals surface area contributed by atoms with Crippen LogP contribution in [0.4, 0.5) is 11.4 Å². The van der Waals surface area contributed by atoms with Crippen molar-refractivity contribution in [3.8, 4) is 0 Å². The van der Waals surface area contributed by atoms with Crippen molar-refractivity contribution < 1.29 is 4.92 Å². The second-order valence-electron chi connectivity index (χ2n) is 5.32. The lowest BCUT2D eigenvalue weighted by molar-refractivity contribution is -0.383. The van der Waals surface area contributed by atoms with Crippen molar-refractivity contribution >= 4 is 22.1 Å². The van der Waals surface area contributed by atoms with Crippen LogP contribution in [0.25, 0.3) is 10.8 Å². The zero-order chi connectivity index (χ0) is 13.9. The van der Waals surface area contributed by atoms with Gasteiger partial charge in [-0.1, -0.05) is 12.8 Å². The third-order valence-electron chi connectivity index (χ3n) is 3.79. The molecule has 1 saturated carbocycles. The molecule has 0 saturated heterocycles. The number of nitrogens with zero attached hydrogens (tertiary/aromatic N) is 2. The van der Waals surface area contributed by atoms with Crippen LogP contribution in [0, 0.1) is 16.0 Å². The van der Waals surface area contributed by atoms with Gasteiger partial charge in [-0.05, 0) is 30.9 Å². The number of aromatic nitrogens is 1. The number of non-ortho nitro benzene ring substituents is 1. The third-order valence-corrected chi connectivity index (χ3v) is 3.79. The molecule has 1 heterocycles. The van der Waals surface area contributed by atoms with Crippen molar-refractivity contribution in [2.45, 2.75) is 25.7 Å². The zero-order valence-corrected chi connectivity index (χ0v) is 11.2. The Morgan fingerprint density at radius 1 is 1.30 bits per heavy atom. The van der Waals surface area contributed by atoms with Gasteiger partial charge in [0.2, 0.25) is 0 Å². The van der Waals surface area contributed by atoms with Crippen LogP contribution >= 0.6 is 0 Å². The quantitative estimate of drug-likeness (QED) is 0.493. The van der Waals surface area contributed by atoms with Crippen LogP contribution in [-0.2, 0) is 0 Å². The summed E-state index contributed by atoms with van der Waals surface area (Å²) < 4.78 is 0. The highest BCUT2D eigenvalue weighted by Gasteiger charge is 2.20. The number of fused-ring (bicyclic) bond motifs is 1. The third kappa shape index (κ3) is 2.71. The number of rotatable bonds is 6. The summed E-state index contributed by atoms with van der Waals surface area (Å²) in [6, 6.07) is 5.16. The maximum Gasteiger partial charge on any atom is 0.278 e. The van der Waals surface area contributed by atoms with Crippen LogP contribution in [0.1, 0.15) is 25.7 Å². The average molecular weight is 271 g/mol. The molecule has 0 bridgehead atoms. The fraction of sp³-hybridized carbons (Fsp3) is 0.400. The Morgan fingerprint density at radius 3 is 2.90 bits per heavy atom. The highest BCUT2D eigenvalue weighted by molar-refractivity contribution is 5.99. The predicted octanol–water partition coefficient (Wildman–Crippen LogP) is 3.75. The summed E-state index contributed by atoms with van der Waals surface area (Å²) in [4.78, 5) is 14.7. The zero-order valence-electron chi connectivity index (χ0n) is 11.2. The Labute approximate surface area is 117 Å². The maximum atomic E-state index is 11.0. The number of nitro benzene ring substituents is 1. The van der Waals surface area contributed by atoms with Gasteiger partial charge in [0.15, 0.2) is 0 Å². The van der Waals surface area contributed by atoms with Crippen molar-refractivity contribution in [3.63, 3.8) is 0 Å². The van der Waals surface area contributed by atoms with Gasteiger partial charge in [0.25, 0.3) is 5.69 Å². The number of anilines is 1. The highest BCUT2D eigenvalue weighted by atomic mass is 16.6. The largest absolute Gasteiger partial charge is 0.385 e. The first-order valence-corrected chi connectivity index (χ1v) is 7.00. The summed E-state index contributed by atoms with van der Waals surface area (Å²) >= 11 is 0. The Bertz CT molecular complexity index is 638. The van der Waals surface area contributed by atoms with Gasteiger partial charge in [-0.15, -0.1) is 0 Å². The minimum Gasteiger partial charge on any atom is -0.385 e. The van der Waals surface area contributed by atoms with E-state index < -0.39 is 0 Å². The maximum absolute atomic E-state index is 11.0. The molecule has 1 fully saturated rings. The molecule has 5 nitrogen and oxygen atoms in total. The second kappa shape index (κ2) is 5.45. The molecule has 5 heteroatoms. The Morgan fingerprint density at radius 2 is 2.15 bits per heavy atom. The fourth-order valence-electron chi connectivity index (χ4n) is 2.51. The summed E-state index contributed by atoms with van der Waals surface area (Å²) in [6.45, 7) is 0.908. The van der Waals surface area contributed by atoms with Gasteiger partial charge in [-0.2, -0.15) is 0 Å². The lowest BCUT2D eigenvalue weighted by Gasteiger charge is -2.09. The van der Waals surface area contributed by atoms with E-state index >= 15 is 0 Å². The number of hydrogen-bond donors (Lipinski definition) is 1. The SMILES string of the molecule is O=[N+]([O-])c1ccc(NCCCC2CC2)c2ccncc12. The van der Waals surface area contributed by atoms with Crippen LogP contribution in [0.15, 0.2) is 30.6 Å². The molecule has 0 aliphatic heterocycles. The van der Waals surface area contributed by atoms with E-state index in [4.69, 9.17) is 0 Å². The van der Waals surface area contributed by atoms with Crippen LogP contribution < -0.4 is 5.32 Å². The van der Waals surface area contributed by atoms with Gasteiger partial charge in [0.05, 0.1) is 10.3 Å². The molecule has 2 aromatic rings. The molecule has 0 spiro atoms. The lowest BCUT2D eigenvalue weighted by atomic mass is 10.1. The van der Waals surface area contributed by atoms with Gasteiger partial charge in [-0.25, -0.2) is 0 Å². The Kier molecular flexibility index (Phi) is 3.50. The summed E-state index contributed by atoms with van der Waals surface area (Å²) in [7, 11) is 0. The number of pyridine rings is 1. The van der Waals surface area contributed by atoms with Crippen molar-refractivity contribution in [2.75, 3.05) is 11.9 Å². The van der Waals surface area contributed by atoms with Crippen molar-refractivity contribution in [2.24, 2.45) is 5.92 Å². The number of hydrogen-bond acceptors (Lipinski definition) is 4. The molecular weight excluding hydrogens is 254 g/mol. The minimum absolute atomic E-state index is 0.108. The molecule has 1 aromatic carbocycles. The van der Waals surface area contributed by atoms with Crippen LogP contribution in [0.3, 0.4) is 0 Å². The van der Waals surface area contributed by atoms with E-state index in [0.717, 1.165) is 30.0 Å². The van der Waals surface area contributed by atoms with E-state index in [1.165, 1.54) is 19.3 Å². The molecule has 0 atom stereocenters. The molecule has 1 aliphatic rings. The van der Waals surface area contributed by atoms with E-state index in [-0.39, 0.29) is 10.6 Å². The van der Waals surface area contributed by atoms with E-state index in [1.54, 1.807) is 24.5 Å². The molecule has 0 unspecified atom stereocenters. The van der Waals surface area contributed by atoms with Crippen LogP contribution in [0.2, 0.25) is 0 Å². The summed E-state index contributed by atoms with van der Waals surface area (Å²) in [5, 5.41) is 15.9. The highest BCUT2D eigenvalue weighted by Crippen LogP contribution is 2.34. The smallest absolute Gasteiger partial charge is 0.278 e. The minimum atomic E-state index is -0.360. The molecule has 1 aromatic heterocycles. The van der Waals surface area contributed by atoms with Crippen LogP contribution in [-0.4, -0.2) is 16.5 Å². The Hall–Kier alpha value is -2.17. The standard InChI is InChI=1S/C15H17N3O2/c19-18(20)15-6-5-14(12-7-9-16-10-13(12)15)17-8-1-2-11-3-4-11/h5-7,9-11,17H,1-4,8H2. The van der Waals surface area contributed by atoms with Crippen molar-refractivity contribution in [3.05, 3.63) is 40.7 Å². The molecule has 0 amide bonds. The molecular formula is C15H17N3O2. The number of nitro groups is 1. The Balaban J connectivity index is 1.79. The van der Waals surface area contributed by atoms with E-state index in [1.807, 2.05) is 6.07 Å². The first-order chi connectivity index (χ1) is 9.75. The first-order valence-electron chi connectivity index (χ1n) is 7.00. The molecule has 20 heavy (non-hydrogen) atoms. The lowest BCUT2D eigenvalue weighted by Crippen LogP contribution is -2.03. The van der Waals surface area contributed by atoms with Gasteiger partial charge in [0, 0.05) is 36.1 Å². The summed E-state index contributed by atoms with van der Waals surface area (Å²) in [6.07, 6.45) is 8.41. The number of nitrogens with one attached hydrogen (secondary N) is 1. The topological polar surface area (TPSA) is 68.1 Å². The van der Waals surface area contributed by atoms with Crippen molar-refractivity contribution in [1.29, 1.82) is 0 Å². The molecule has 3 rings (SSSR count). The van der Waals surface area contributed by atoms with Crippen molar-refractivity contribution in [1.82, 2.24) is 4.98 Å². The van der Waals surface area contributed by atoms with Gasteiger partial charge >= 0.3 is 0 Å². The van der Waals surface area contributed by atoms with Gasteiger partial charge < -0.3 is 5.32 Å². The molecule has 1 aliphatic carbocycles. The van der Waals surface area contributed by atoms with Gasteiger partial charge in [-0.3, -0.25) is 15.1 Å². The summed E-state index contributed by atoms with van der Waals surface area (Å²) in [5.41, 5.74) is 1.06. The monoisotopic (exact) mass is 271 g/mol. The van der Waals surface area contributed by atoms with Gasteiger partial charge in [0.1, 0.15) is 0 Å². The van der Waals surface area contributed by atoms with E-state index in [2.05, 4.69) is 10.3 Å². The normalized spacial score (nSPS) is 14.4. The van der Waals surface area contributed by atoms with E-state index in [9.17, 15) is 10.1 Å². The number of benzene rings is 1. The predicted molar refractivity (Wildman–Crippen MR) is 78.8 cm³/mol. The summed E-state index contributed by atoms with van der Waals surface area (Å²) in [5.74, 6) is 0.939. The fourth-order valence-corrected chi connectivity index (χ4v) is 2.51. The molecule has 1 N–H and O–H groups in total. The molecule has 0 radical (unpaired) electrons. The molecule has 104 valence electrons. The average Bonchev–Trinajstić information content (AvgIpc) is 3.27. The van der Waals surface area contributed by atoms with Crippen LogP contribution in [0.5, 0.6) is 0 Å². The second-order valence-corrected chi connectivity index (χ2v) is 5.32. The first kappa shape index (κ1) is 12.8. The van der Waals surface area contributed by atoms with E-state index in [0.29, 0.717) is 5.39 Å².